The van der Waals surface area contributed by atoms with E-state index in [1.165, 1.54) is 18.4 Å². The van der Waals surface area contributed by atoms with E-state index in [0.29, 0.717) is 60.1 Å². The summed E-state index contributed by atoms with van der Waals surface area (Å²) in [6.45, 7) is 2.35. The highest BCUT2D eigenvalue weighted by Gasteiger charge is 2.77. The molecular weight excluding hydrogens is 392 g/mol. The van der Waals surface area contributed by atoms with Gasteiger partial charge in [0.2, 0.25) is 0 Å². The van der Waals surface area contributed by atoms with E-state index in [9.17, 15) is 14.7 Å². The molecule has 170 valence electrons. The summed E-state index contributed by atoms with van der Waals surface area (Å²) in [5.74, 6) is 5.19. The van der Waals surface area contributed by atoms with Crippen molar-refractivity contribution in [2.75, 3.05) is 6.61 Å². The van der Waals surface area contributed by atoms with Crippen molar-refractivity contribution >= 4 is 11.9 Å². The molecule has 6 aliphatic rings. The molecule has 0 bridgehead atoms. The predicted molar refractivity (Wildman–Crippen MR) is 114 cm³/mol. The molecule has 5 saturated carbocycles. The maximum Gasteiger partial charge on any atom is 0.505 e. The second kappa shape index (κ2) is 6.82. The Morgan fingerprint density at radius 1 is 1.19 bits per heavy atom. The molecule has 31 heavy (non-hydrogen) atoms. The molecule has 0 unspecified atom stereocenters. The van der Waals surface area contributed by atoms with Crippen molar-refractivity contribution in [2.24, 2.45) is 52.8 Å². The van der Waals surface area contributed by atoms with Crippen LogP contribution in [-0.4, -0.2) is 34.4 Å². The van der Waals surface area contributed by atoms with Crippen molar-refractivity contribution in [2.45, 2.75) is 76.7 Å². The average molecular weight is 429 g/mol. The third-order valence-corrected chi connectivity index (χ3v) is 10.8. The highest BCUT2D eigenvalue weighted by molar-refractivity contribution is 5.91. The zero-order chi connectivity index (χ0) is 21.5. The molecule has 0 amide bonds. The van der Waals surface area contributed by atoms with E-state index in [1.54, 1.807) is 0 Å². The normalized spacial score (nSPS) is 49.9. The van der Waals surface area contributed by atoms with Gasteiger partial charge in [-0.25, -0.2) is 4.79 Å². The fourth-order valence-corrected chi connectivity index (χ4v) is 9.63. The Balaban J connectivity index is 1.36. The summed E-state index contributed by atoms with van der Waals surface area (Å²) in [5.41, 5.74) is 0.570. The third-order valence-electron chi connectivity index (χ3n) is 10.8. The second-order valence-electron chi connectivity index (χ2n) is 11.6. The molecule has 9 atom stereocenters. The van der Waals surface area contributed by atoms with Crippen LogP contribution in [0.1, 0.15) is 71.1 Å². The molecule has 6 rings (SSSR count). The van der Waals surface area contributed by atoms with Crippen molar-refractivity contribution < 1.29 is 24.5 Å². The third kappa shape index (κ3) is 2.77. The Morgan fingerprint density at radius 3 is 2.71 bits per heavy atom. The van der Waals surface area contributed by atoms with E-state index < -0.39 is 11.8 Å². The van der Waals surface area contributed by atoms with Crippen LogP contribution in [0.3, 0.4) is 0 Å². The van der Waals surface area contributed by atoms with Crippen LogP contribution in [-0.2, 0) is 9.53 Å². The van der Waals surface area contributed by atoms with Crippen molar-refractivity contribution in [3.63, 3.8) is 0 Å². The maximum atomic E-state index is 12.2. The SMILES string of the molecule is CC[C@]12CC[C@H]3[C@H]([C@@H]1[C@H]1C[C@H]1[C@@]2(O)CCOC(=O)O)[C@H](C1CC1)CC1=CC(=O)CC[C@@H]13. The number of ketones is 1. The molecule has 0 aliphatic heterocycles. The topological polar surface area (TPSA) is 83.8 Å². The molecule has 6 aliphatic carbocycles. The van der Waals surface area contributed by atoms with Crippen LogP contribution >= 0.6 is 0 Å². The van der Waals surface area contributed by atoms with E-state index in [0.717, 1.165) is 44.4 Å². The zero-order valence-electron chi connectivity index (χ0n) is 18.6. The van der Waals surface area contributed by atoms with Gasteiger partial charge in [-0.15, -0.1) is 0 Å². The summed E-state index contributed by atoms with van der Waals surface area (Å²) in [4.78, 5) is 23.1. The van der Waals surface area contributed by atoms with Crippen molar-refractivity contribution in [1.29, 1.82) is 0 Å². The van der Waals surface area contributed by atoms with Gasteiger partial charge in [0.15, 0.2) is 5.78 Å². The number of ether oxygens (including phenoxy) is 1. The van der Waals surface area contributed by atoms with Gasteiger partial charge in [-0.2, -0.15) is 0 Å². The van der Waals surface area contributed by atoms with Crippen LogP contribution in [0.15, 0.2) is 11.6 Å². The number of hydrogen-bond donors (Lipinski definition) is 2. The van der Waals surface area contributed by atoms with Gasteiger partial charge in [0.05, 0.1) is 12.2 Å². The Hall–Kier alpha value is -1.36. The number of allylic oxidation sites excluding steroid dienone is 1. The lowest BCUT2D eigenvalue weighted by molar-refractivity contribution is -0.168. The number of carbonyl (C=O) groups excluding carboxylic acids is 1. The van der Waals surface area contributed by atoms with Crippen molar-refractivity contribution in [3.8, 4) is 0 Å². The molecule has 2 N–H and O–H groups in total. The lowest BCUT2D eigenvalue weighted by Crippen LogP contribution is -2.58. The van der Waals surface area contributed by atoms with E-state index in [4.69, 9.17) is 9.84 Å². The minimum atomic E-state index is -1.24. The number of aliphatic hydroxyl groups is 1. The molecule has 0 aromatic carbocycles. The molecule has 0 radical (unpaired) electrons. The van der Waals surface area contributed by atoms with Gasteiger partial charge in [-0.3, -0.25) is 4.79 Å². The summed E-state index contributed by atoms with van der Waals surface area (Å²) in [5, 5.41) is 21.1. The van der Waals surface area contributed by atoms with Crippen molar-refractivity contribution in [3.05, 3.63) is 11.6 Å². The number of fused-ring (bicyclic) bond motifs is 7. The summed E-state index contributed by atoms with van der Waals surface area (Å²) < 4.78 is 4.88. The largest absolute Gasteiger partial charge is 0.505 e. The van der Waals surface area contributed by atoms with Gasteiger partial charge >= 0.3 is 6.16 Å². The number of hydrogen-bond acceptors (Lipinski definition) is 4. The molecule has 0 aromatic rings. The Morgan fingerprint density at radius 2 is 2.00 bits per heavy atom. The quantitative estimate of drug-likeness (QED) is 0.613. The maximum absolute atomic E-state index is 12.2. The smallest absolute Gasteiger partial charge is 0.450 e. The summed E-state index contributed by atoms with van der Waals surface area (Å²) >= 11 is 0. The molecule has 5 nitrogen and oxygen atoms in total. The van der Waals surface area contributed by atoms with Crippen LogP contribution in [0.4, 0.5) is 4.79 Å². The molecule has 5 fully saturated rings. The van der Waals surface area contributed by atoms with Crippen LogP contribution in [0.25, 0.3) is 0 Å². The predicted octanol–water partition coefficient (Wildman–Crippen LogP) is 4.83. The monoisotopic (exact) mass is 428 g/mol. The van der Waals surface area contributed by atoms with Gasteiger partial charge in [-0.05, 0) is 105 Å². The van der Waals surface area contributed by atoms with E-state index in [-0.39, 0.29) is 12.0 Å². The Labute approximate surface area is 184 Å². The minimum absolute atomic E-state index is 0.0948. The fourth-order valence-electron chi connectivity index (χ4n) is 9.63. The molecule has 0 aromatic heterocycles. The second-order valence-corrected chi connectivity index (χ2v) is 11.6. The Kier molecular flexibility index (Phi) is 4.46. The summed E-state index contributed by atoms with van der Waals surface area (Å²) in [6.07, 6.45) is 11.0. The first-order valence-electron chi connectivity index (χ1n) is 12.7. The van der Waals surface area contributed by atoms with Crippen LogP contribution in [0.5, 0.6) is 0 Å². The fraction of sp³-hybridized carbons (Fsp3) is 0.846. The highest BCUT2D eigenvalue weighted by Crippen LogP contribution is 2.78. The van der Waals surface area contributed by atoms with Gasteiger partial charge in [0.1, 0.15) is 0 Å². The molecule has 0 saturated heterocycles. The standard InChI is InChI=1S/C26H36O5/c1-2-25-8-7-18-17-6-5-16(27)11-15(17)12-19(14-3-4-14)22(18)23(25)20-13-21(20)26(25,30)9-10-31-24(28)29/h11,14,17-23,30H,2-10,12-13H2,1H3,(H,28,29)/t17-,18+,19-,20-,21+,22-,23-,25-,26-/m0/s1. The first kappa shape index (κ1) is 20.3. The van der Waals surface area contributed by atoms with Gasteiger partial charge in [0.25, 0.3) is 0 Å². The van der Waals surface area contributed by atoms with E-state index in [1.807, 2.05) is 6.08 Å². The lowest BCUT2D eigenvalue weighted by Gasteiger charge is -2.60. The van der Waals surface area contributed by atoms with Gasteiger partial charge in [-0.1, -0.05) is 12.5 Å². The van der Waals surface area contributed by atoms with Crippen molar-refractivity contribution in [1.82, 2.24) is 0 Å². The molecule has 0 spiro atoms. The minimum Gasteiger partial charge on any atom is -0.450 e. The summed E-state index contributed by atoms with van der Waals surface area (Å²) in [6, 6.07) is 0. The highest BCUT2D eigenvalue weighted by atomic mass is 16.7. The van der Waals surface area contributed by atoms with E-state index >= 15 is 0 Å². The first-order chi connectivity index (χ1) is 14.9. The van der Waals surface area contributed by atoms with Crippen LogP contribution < -0.4 is 0 Å². The van der Waals surface area contributed by atoms with Crippen LogP contribution in [0.2, 0.25) is 0 Å². The van der Waals surface area contributed by atoms with E-state index in [2.05, 4.69) is 6.92 Å². The van der Waals surface area contributed by atoms with Crippen LogP contribution in [0, 0.1) is 52.8 Å². The Bertz CT molecular complexity index is 830. The lowest BCUT2D eigenvalue weighted by atomic mass is 9.45. The first-order valence-corrected chi connectivity index (χ1v) is 12.7. The molecular formula is C26H36O5. The molecule has 5 heteroatoms. The number of rotatable bonds is 5. The number of carbonyl (C=O) groups is 2. The number of carboxylic acid groups (broad SMARTS) is 1. The van der Waals surface area contributed by atoms with Gasteiger partial charge < -0.3 is 14.9 Å². The van der Waals surface area contributed by atoms with Gasteiger partial charge in [0, 0.05) is 18.3 Å². The average Bonchev–Trinajstić information content (AvgIpc) is 3.65. The zero-order valence-corrected chi connectivity index (χ0v) is 18.6. The summed E-state index contributed by atoms with van der Waals surface area (Å²) in [7, 11) is 0. The molecule has 0 heterocycles.